The Morgan fingerprint density at radius 1 is 1.25 bits per heavy atom. The van der Waals surface area contributed by atoms with E-state index in [1.165, 1.54) is 12.7 Å². The van der Waals surface area contributed by atoms with E-state index in [4.69, 9.17) is 0 Å². The summed E-state index contributed by atoms with van der Waals surface area (Å²) in [6.45, 7) is 6.05. The van der Waals surface area contributed by atoms with Crippen LogP contribution in [0.4, 0.5) is 5.69 Å². The lowest BCUT2D eigenvalue weighted by Crippen LogP contribution is -2.27. The summed E-state index contributed by atoms with van der Waals surface area (Å²) in [5, 5.41) is 3.17. The van der Waals surface area contributed by atoms with Gasteiger partial charge in [0.25, 0.3) is 0 Å². The van der Waals surface area contributed by atoms with Crippen molar-refractivity contribution in [2.75, 3.05) is 12.4 Å². The number of methoxy groups -OCH3 is 1. The molecule has 1 aromatic rings. The van der Waals surface area contributed by atoms with E-state index in [2.05, 4.69) is 30.0 Å². The van der Waals surface area contributed by atoms with Crippen LogP contribution >= 0.6 is 0 Å². The number of para-hydroxylation sites is 1. The van der Waals surface area contributed by atoms with Gasteiger partial charge in [-0.3, -0.25) is 0 Å². The minimum Gasteiger partial charge on any atom is -0.467 e. The average Bonchev–Trinajstić information content (AvgIpc) is 2.28. The molecule has 0 spiro atoms. The fourth-order valence-electron chi connectivity index (χ4n) is 1.60. The highest BCUT2D eigenvalue weighted by atomic mass is 16.5. The van der Waals surface area contributed by atoms with Gasteiger partial charge in [-0.15, -0.1) is 0 Å². The molecule has 3 heteroatoms. The van der Waals surface area contributed by atoms with Crippen molar-refractivity contribution in [2.24, 2.45) is 0 Å². The maximum absolute atomic E-state index is 11.3. The van der Waals surface area contributed by atoms with E-state index in [1.54, 1.807) is 6.92 Å². The normalized spacial score (nSPS) is 12.3. The average molecular weight is 221 g/mol. The molecule has 0 amide bonds. The molecule has 0 bridgehead atoms. The van der Waals surface area contributed by atoms with E-state index >= 15 is 0 Å². The zero-order valence-electron chi connectivity index (χ0n) is 10.3. The van der Waals surface area contributed by atoms with Crippen molar-refractivity contribution in [1.29, 1.82) is 0 Å². The van der Waals surface area contributed by atoms with Crippen LogP contribution in [0.15, 0.2) is 24.3 Å². The van der Waals surface area contributed by atoms with Gasteiger partial charge in [-0.25, -0.2) is 4.79 Å². The molecule has 3 nitrogen and oxygen atoms in total. The predicted molar refractivity (Wildman–Crippen MR) is 65.6 cm³/mol. The third-order valence-corrected chi connectivity index (χ3v) is 2.51. The summed E-state index contributed by atoms with van der Waals surface area (Å²) in [5.74, 6) is 0.173. The van der Waals surface area contributed by atoms with Gasteiger partial charge in [0, 0.05) is 5.69 Å². The molecule has 0 aromatic heterocycles. The standard InChI is InChI=1S/C13H19NO2/c1-9(2)11-7-5-6-8-12(11)14-10(3)13(15)16-4/h5-10,14H,1-4H3. The minimum atomic E-state index is -0.329. The Labute approximate surface area is 96.8 Å². The maximum atomic E-state index is 11.3. The molecule has 0 aliphatic carbocycles. The molecule has 0 aliphatic heterocycles. The van der Waals surface area contributed by atoms with Crippen LogP contribution in [-0.4, -0.2) is 19.1 Å². The number of rotatable bonds is 4. The van der Waals surface area contributed by atoms with E-state index < -0.39 is 0 Å². The van der Waals surface area contributed by atoms with Crippen molar-refractivity contribution in [2.45, 2.75) is 32.7 Å². The summed E-state index contributed by atoms with van der Waals surface area (Å²) < 4.78 is 4.68. The SMILES string of the molecule is COC(=O)C(C)Nc1ccccc1C(C)C. The van der Waals surface area contributed by atoms with Gasteiger partial charge in [-0.2, -0.15) is 0 Å². The Morgan fingerprint density at radius 3 is 2.44 bits per heavy atom. The highest BCUT2D eigenvalue weighted by molar-refractivity contribution is 5.79. The van der Waals surface area contributed by atoms with E-state index in [0.717, 1.165) is 5.69 Å². The molecule has 0 fully saturated rings. The lowest BCUT2D eigenvalue weighted by Gasteiger charge is -2.18. The fraction of sp³-hybridized carbons (Fsp3) is 0.462. The Bertz CT molecular complexity index is 361. The molecule has 16 heavy (non-hydrogen) atoms. The van der Waals surface area contributed by atoms with Gasteiger partial charge < -0.3 is 10.1 Å². The van der Waals surface area contributed by atoms with Gasteiger partial charge in [0.2, 0.25) is 0 Å². The zero-order valence-corrected chi connectivity index (χ0v) is 10.3. The van der Waals surface area contributed by atoms with Crippen molar-refractivity contribution < 1.29 is 9.53 Å². The minimum absolute atomic E-state index is 0.251. The van der Waals surface area contributed by atoms with Crippen molar-refractivity contribution in [3.8, 4) is 0 Å². The highest BCUT2D eigenvalue weighted by Gasteiger charge is 2.14. The fourth-order valence-corrected chi connectivity index (χ4v) is 1.60. The Hall–Kier alpha value is -1.51. The highest BCUT2D eigenvalue weighted by Crippen LogP contribution is 2.24. The third-order valence-electron chi connectivity index (χ3n) is 2.51. The van der Waals surface area contributed by atoms with Crippen molar-refractivity contribution >= 4 is 11.7 Å². The van der Waals surface area contributed by atoms with Crippen LogP contribution in [0.25, 0.3) is 0 Å². The summed E-state index contributed by atoms with van der Waals surface area (Å²) in [6.07, 6.45) is 0. The van der Waals surface area contributed by atoms with Crippen molar-refractivity contribution in [3.05, 3.63) is 29.8 Å². The molecule has 1 rings (SSSR count). The first kappa shape index (κ1) is 12.6. The molecule has 1 N–H and O–H groups in total. The number of esters is 1. The smallest absolute Gasteiger partial charge is 0.327 e. The number of nitrogens with one attached hydrogen (secondary N) is 1. The van der Waals surface area contributed by atoms with Crippen LogP contribution in [0.5, 0.6) is 0 Å². The number of hydrogen-bond acceptors (Lipinski definition) is 3. The topological polar surface area (TPSA) is 38.3 Å². The molecule has 1 aromatic carbocycles. The summed E-state index contributed by atoms with van der Waals surface area (Å²) in [4.78, 5) is 11.3. The number of carbonyl (C=O) groups is 1. The Morgan fingerprint density at radius 2 is 1.88 bits per heavy atom. The molecular weight excluding hydrogens is 202 g/mol. The summed E-state index contributed by atoms with van der Waals surface area (Å²) in [5.41, 5.74) is 2.20. The van der Waals surface area contributed by atoms with Gasteiger partial charge in [-0.05, 0) is 24.5 Å². The Kier molecular flexibility index (Phi) is 4.35. The molecule has 0 heterocycles. The molecular formula is C13H19NO2. The van der Waals surface area contributed by atoms with Crippen LogP contribution in [0, 0.1) is 0 Å². The van der Waals surface area contributed by atoms with Crippen LogP contribution in [-0.2, 0) is 9.53 Å². The van der Waals surface area contributed by atoms with Crippen LogP contribution < -0.4 is 5.32 Å². The van der Waals surface area contributed by atoms with Crippen LogP contribution in [0.3, 0.4) is 0 Å². The van der Waals surface area contributed by atoms with Crippen molar-refractivity contribution in [1.82, 2.24) is 0 Å². The summed E-state index contributed by atoms with van der Waals surface area (Å²) >= 11 is 0. The molecule has 0 saturated carbocycles. The second-order valence-electron chi connectivity index (χ2n) is 4.13. The summed E-state index contributed by atoms with van der Waals surface area (Å²) in [7, 11) is 1.40. The Balaban J connectivity index is 2.84. The number of carbonyl (C=O) groups excluding carboxylic acids is 1. The first-order chi connectivity index (χ1) is 7.56. The van der Waals surface area contributed by atoms with Gasteiger partial charge in [0.15, 0.2) is 0 Å². The van der Waals surface area contributed by atoms with Gasteiger partial charge >= 0.3 is 5.97 Å². The number of anilines is 1. The predicted octanol–water partition coefficient (Wildman–Crippen LogP) is 2.78. The number of benzene rings is 1. The number of hydrogen-bond donors (Lipinski definition) is 1. The third kappa shape index (κ3) is 2.99. The van der Waals surface area contributed by atoms with E-state index in [1.807, 2.05) is 18.2 Å². The van der Waals surface area contributed by atoms with E-state index in [9.17, 15) is 4.79 Å². The first-order valence-electron chi connectivity index (χ1n) is 5.49. The van der Waals surface area contributed by atoms with Crippen LogP contribution in [0.2, 0.25) is 0 Å². The maximum Gasteiger partial charge on any atom is 0.327 e. The van der Waals surface area contributed by atoms with E-state index in [-0.39, 0.29) is 12.0 Å². The molecule has 0 aliphatic rings. The monoisotopic (exact) mass is 221 g/mol. The van der Waals surface area contributed by atoms with Gasteiger partial charge in [0.05, 0.1) is 7.11 Å². The van der Waals surface area contributed by atoms with Gasteiger partial charge in [-0.1, -0.05) is 32.0 Å². The second-order valence-corrected chi connectivity index (χ2v) is 4.13. The largest absolute Gasteiger partial charge is 0.467 e. The molecule has 1 unspecified atom stereocenters. The second kappa shape index (κ2) is 5.54. The molecule has 1 atom stereocenters. The molecule has 88 valence electrons. The van der Waals surface area contributed by atoms with Gasteiger partial charge in [0.1, 0.15) is 6.04 Å². The van der Waals surface area contributed by atoms with Crippen LogP contribution in [0.1, 0.15) is 32.3 Å². The molecule has 0 saturated heterocycles. The lowest BCUT2D eigenvalue weighted by molar-refractivity contribution is -0.141. The van der Waals surface area contributed by atoms with E-state index in [0.29, 0.717) is 5.92 Å². The summed E-state index contributed by atoms with van der Waals surface area (Å²) in [6, 6.07) is 7.68. The quantitative estimate of drug-likeness (QED) is 0.794. The number of ether oxygens (including phenoxy) is 1. The first-order valence-corrected chi connectivity index (χ1v) is 5.49. The lowest BCUT2D eigenvalue weighted by atomic mass is 10.0. The van der Waals surface area contributed by atoms with Crippen molar-refractivity contribution in [3.63, 3.8) is 0 Å². The zero-order chi connectivity index (χ0) is 12.1. The molecule has 0 radical (unpaired) electrons.